The number of nitrogens with zero attached hydrogens (tertiary/aromatic N) is 1. The van der Waals surface area contributed by atoms with Gasteiger partial charge in [-0.1, -0.05) is 31.2 Å². The molecule has 0 aromatic heterocycles. The highest BCUT2D eigenvalue weighted by Gasteiger charge is 2.29. The van der Waals surface area contributed by atoms with Crippen molar-refractivity contribution in [3.05, 3.63) is 71.3 Å². The summed E-state index contributed by atoms with van der Waals surface area (Å²) in [4.78, 5) is 14.6. The second-order valence-corrected chi connectivity index (χ2v) is 7.12. The van der Waals surface area contributed by atoms with E-state index in [-0.39, 0.29) is 11.9 Å². The van der Waals surface area contributed by atoms with Crippen LogP contribution in [0.3, 0.4) is 0 Å². The Labute approximate surface area is 174 Å². The summed E-state index contributed by atoms with van der Waals surface area (Å²) in [5, 5.41) is 2.97. The van der Waals surface area contributed by atoms with Crippen molar-refractivity contribution < 1.29 is 22.7 Å². The molecule has 0 bridgehead atoms. The molecule has 1 atom stereocenters. The molecule has 1 fully saturated rings. The molecule has 1 unspecified atom stereocenters. The molecule has 30 heavy (non-hydrogen) atoms. The Bertz CT molecular complexity index is 873. The summed E-state index contributed by atoms with van der Waals surface area (Å²) in [5.41, 5.74) is 1.93. The van der Waals surface area contributed by atoms with Crippen LogP contribution in [0.5, 0.6) is 0 Å². The van der Waals surface area contributed by atoms with Gasteiger partial charge in [-0.3, -0.25) is 4.79 Å². The van der Waals surface area contributed by atoms with Crippen LogP contribution in [0.4, 0.5) is 18.9 Å². The van der Waals surface area contributed by atoms with Gasteiger partial charge in [0.05, 0.1) is 24.8 Å². The van der Waals surface area contributed by atoms with Crippen molar-refractivity contribution in [2.24, 2.45) is 0 Å². The van der Waals surface area contributed by atoms with Crippen LogP contribution in [0, 0.1) is 0 Å². The number of amides is 1. The number of halogens is 3. The fraction of sp³-hybridized carbons (Fsp3) is 0.348. The first-order valence-electron chi connectivity index (χ1n) is 9.95. The SMILES string of the molecule is CCC(NC(=O)C=Cc1ccc(C(F)(F)F)cc1)c1cccc(N2CCOCC2)c1. The number of hydrogen-bond acceptors (Lipinski definition) is 3. The Balaban J connectivity index is 1.64. The molecule has 1 N–H and O–H groups in total. The summed E-state index contributed by atoms with van der Waals surface area (Å²) < 4.78 is 43.3. The van der Waals surface area contributed by atoms with Crippen LogP contribution >= 0.6 is 0 Å². The molecular weight excluding hydrogens is 393 g/mol. The van der Waals surface area contributed by atoms with Gasteiger partial charge in [0.2, 0.25) is 5.91 Å². The summed E-state index contributed by atoms with van der Waals surface area (Å²) in [7, 11) is 0. The first-order chi connectivity index (χ1) is 14.4. The Hall–Kier alpha value is -2.80. The third-order valence-electron chi connectivity index (χ3n) is 5.04. The average Bonchev–Trinajstić information content (AvgIpc) is 2.76. The standard InChI is InChI=1S/C23H25F3N2O2/c1-2-21(18-4-3-5-20(16-18)28-12-14-30-15-13-28)27-22(29)11-8-17-6-9-19(10-7-17)23(24,25)26/h3-11,16,21H,2,12-15H2,1H3,(H,27,29). The molecule has 1 heterocycles. The predicted molar refractivity (Wildman–Crippen MR) is 111 cm³/mol. The number of alkyl halides is 3. The van der Waals surface area contributed by atoms with Crippen LogP contribution in [-0.4, -0.2) is 32.2 Å². The molecule has 4 nitrogen and oxygen atoms in total. The number of anilines is 1. The maximum atomic E-state index is 12.6. The van der Waals surface area contributed by atoms with Crippen LogP contribution < -0.4 is 10.2 Å². The molecule has 7 heteroatoms. The maximum Gasteiger partial charge on any atom is 0.416 e. The van der Waals surface area contributed by atoms with Crippen molar-refractivity contribution in [2.75, 3.05) is 31.2 Å². The number of benzene rings is 2. The number of carbonyl (C=O) groups is 1. The van der Waals surface area contributed by atoms with Gasteiger partial charge in [-0.15, -0.1) is 0 Å². The summed E-state index contributed by atoms with van der Waals surface area (Å²) in [5.74, 6) is -0.293. The van der Waals surface area contributed by atoms with Crippen molar-refractivity contribution >= 4 is 17.7 Å². The average molecular weight is 418 g/mol. The van der Waals surface area contributed by atoms with E-state index in [0.717, 1.165) is 36.5 Å². The van der Waals surface area contributed by atoms with Gasteiger partial charge in [-0.25, -0.2) is 0 Å². The van der Waals surface area contributed by atoms with Crippen molar-refractivity contribution in [3.63, 3.8) is 0 Å². The monoisotopic (exact) mass is 418 g/mol. The van der Waals surface area contributed by atoms with E-state index in [4.69, 9.17) is 4.74 Å². The molecule has 160 valence electrons. The van der Waals surface area contributed by atoms with Crippen LogP contribution in [0.25, 0.3) is 6.08 Å². The van der Waals surface area contributed by atoms with Gasteiger partial charge in [0.1, 0.15) is 0 Å². The zero-order chi connectivity index (χ0) is 21.6. The number of nitrogens with one attached hydrogen (secondary N) is 1. The highest BCUT2D eigenvalue weighted by molar-refractivity contribution is 5.92. The number of ether oxygens (including phenoxy) is 1. The van der Waals surface area contributed by atoms with E-state index >= 15 is 0 Å². The topological polar surface area (TPSA) is 41.6 Å². The summed E-state index contributed by atoms with van der Waals surface area (Å²) in [6, 6.07) is 12.6. The lowest BCUT2D eigenvalue weighted by Gasteiger charge is -2.29. The quantitative estimate of drug-likeness (QED) is 0.684. The minimum Gasteiger partial charge on any atom is -0.378 e. The minimum atomic E-state index is -4.37. The van der Waals surface area contributed by atoms with E-state index < -0.39 is 11.7 Å². The van der Waals surface area contributed by atoms with Crippen molar-refractivity contribution in [1.29, 1.82) is 0 Å². The second-order valence-electron chi connectivity index (χ2n) is 7.12. The molecule has 3 rings (SSSR count). The zero-order valence-corrected chi connectivity index (χ0v) is 16.8. The molecular formula is C23H25F3N2O2. The normalized spacial score (nSPS) is 15.9. The first-order valence-corrected chi connectivity index (χ1v) is 9.95. The third-order valence-corrected chi connectivity index (χ3v) is 5.04. The van der Waals surface area contributed by atoms with Crippen LogP contribution in [-0.2, 0) is 15.7 Å². The molecule has 0 spiro atoms. The van der Waals surface area contributed by atoms with E-state index in [0.29, 0.717) is 25.2 Å². The largest absolute Gasteiger partial charge is 0.416 e. The van der Waals surface area contributed by atoms with E-state index in [1.54, 1.807) is 0 Å². The first kappa shape index (κ1) is 21.9. The number of morpholine rings is 1. The lowest BCUT2D eigenvalue weighted by Crippen LogP contribution is -2.36. The smallest absolute Gasteiger partial charge is 0.378 e. The lowest BCUT2D eigenvalue weighted by atomic mass is 10.0. The van der Waals surface area contributed by atoms with Gasteiger partial charge in [0, 0.05) is 24.9 Å². The molecule has 1 aliphatic heterocycles. The molecule has 0 saturated carbocycles. The molecule has 0 radical (unpaired) electrons. The lowest BCUT2D eigenvalue weighted by molar-refractivity contribution is -0.137. The summed E-state index contributed by atoms with van der Waals surface area (Å²) in [6.45, 7) is 5.07. The van der Waals surface area contributed by atoms with Gasteiger partial charge in [-0.2, -0.15) is 13.2 Å². The van der Waals surface area contributed by atoms with Gasteiger partial charge < -0.3 is 15.0 Å². The molecule has 0 aliphatic carbocycles. The highest BCUT2D eigenvalue weighted by Crippen LogP contribution is 2.29. The van der Waals surface area contributed by atoms with E-state index in [1.807, 2.05) is 25.1 Å². The fourth-order valence-electron chi connectivity index (χ4n) is 3.36. The van der Waals surface area contributed by atoms with Crippen LogP contribution in [0.15, 0.2) is 54.6 Å². The highest BCUT2D eigenvalue weighted by atomic mass is 19.4. The van der Waals surface area contributed by atoms with E-state index in [1.165, 1.54) is 24.3 Å². The molecule has 2 aromatic rings. The van der Waals surface area contributed by atoms with Gasteiger partial charge in [0.25, 0.3) is 0 Å². The van der Waals surface area contributed by atoms with Gasteiger partial charge >= 0.3 is 6.18 Å². The molecule has 1 saturated heterocycles. The van der Waals surface area contributed by atoms with Crippen molar-refractivity contribution in [2.45, 2.75) is 25.6 Å². The predicted octanol–water partition coefficient (Wildman–Crippen LogP) is 4.82. The number of hydrogen-bond donors (Lipinski definition) is 1. The third kappa shape index (κ3) is 5.86. The van der Waals surface area contributed by atoms with Gasteiger partial charge in [-0.05, 0) is 47.9 Å². The van der Waals surface area contributed by atoms with Crippen molar-refractivity contribution in [3.8, 4) is 0 Å². The maximum absolute atomic E-state index is 12.6. The number of rotatable bonds is 6. The Kier molecular flexibility index (Phi) is 7.15. The summed E-state index contributed by atoms with van der Waals surface area (Å²) in [6.07, 6.45) is -0.806. The summed E-state index contributed by atoms with van der Waals surface area (Å²) >= 11 is 0. The fourth-order valence-corrected chi connectivity index (χ4v) is 3.36. The second kappa shape index (κ2) is 9.80. The van der Waals surface area contributed by atoms with Crippen LogP contribution in [0.2, 0.25) is 0 Å². The van der Waals surface area contributed by atoms with Crippen molar-refractivity contribution in [1.82, 2.24) is 5.32 Å². The molecule has 1 aliphatic rings. The Morgan fingerprint density at radius 1 is 1.17 bits per heavy atom. The number of carbonyl (C=O) groups excluding carboxylic acids is 1. The van der Waals surface area contributed by atoms with E-state index in [2.05, 4.69) is 16.3 Å². The van der Waals surface area contributed by atoms with Gasteiger partial charge in [0.15, 0.2) is 0 Å². The molecule has 1 amide bonds. The zero-order valence-electron chi connectivity index (χ0n) is 16.8. The Morgan fingerprint density at radius 2 is 1.87 bits per heavy atom. The molecule has 2 aromatic carbocycles. The minimum absolute atomic E-state index is 0.157. The van der Waals surface area contributed by atoms with Crippen LogP contribution in [0.1, 0.15) is 36.1 Å². The van der Waals surface area contributed by atoms with E-state index in [9.17, 15) is 18.0 Å². The Morgan fingerprint density at radius 3 is 2.50 bits per heavy atom.